The molecule has 3 heterocycles. The van der Waals surface area contributed by atoms with Crippen LogP contribution in [0.4, 0.5) is 0 Å². The number of hydrogen-bond donors (Lipinski definition) is 0. The maximum absolute atomic E-state index is 7.10. The maximum atomic E-state index is 7.10. The van der Waals surface area contributed by atoms with Gasteiger partial charge in [-0.15, -0.1) is 0 Å². The molecule has 1 saturated heterocycles. The van der Waals surface area contributed by atoms with E-state index in [0.717, 1.165) is 55.4 Å². The first-order valence-electron chi connectivity index (χ1n) is 13.8. The molecule has 5 fully saturated rings. The zero-order chi connectivity index (χ0) is 24.1. The first-order valence-corrected chi connectivity index (χ1v) is 13.8. The number of piperidine rings is 1. The maximum Gasteiger partial charge on any atom is 0.165 e. The first kappa shape index (κ1) is 21.7. The third kappa shape index (κ3) is 2.53. The Morgan fingerprint density at radius 2 is 2.06 bits per heavy atom. The quantitative estimate of drug-likeness (QED) is 0.576. The molecule has 6 atom stereocenters. The van der Waals surface area contributed by atoms with Crippen molar-refractivity contribution in [2.45, 2.75) is 68.1 Å². The largest absolute Gasteiger partial charge is 0.493 e. The van der Waals surface area contributed by atoms with Crippen molar-refractivity contribution >= 4 is 0 Å². The van der Waals surface area contributed by atoms with Crippen molar-refractivity contribution in [2.24, 2.45) is 17.3 Å². The fourth-order valence-corrected chi connectivity index (χ4v) is 9.52. The van der Waals surface area contributed by atoms with Crippen molar-refractivity contribution in [3.05, 3.63) is 47.8 Å². The van der Waals surface area contributed by atoms with Crippen LogP contribution in [0.2, 0.25) is 0 Å². The van der Waals surface area contributed by atoms with Crippen LogP contribution in [0.5, 0.6) is 17.2 Å². The summed E-state index contributed by atoms with van der Waals surface area (Å²) in [4.78, 5) is 7.14. The lowest BCUT2D eigenvalue weighted by Gasteiger charge is -2.73. The molecule has 4 bridgehead atoms. The lowest BCUT2D eigenvalue weighted by atomic mass is 9.35. The van der Waals surface area contributed by atoms with Crippen molar-refractivity contribution in [3.63, 3.8) is 0 Å². The molecule has 2 aliphatic heterocycles. The molecule has 0 unspecified atom stereocenters. The second-order valence-electron chi connectivity index (χ2n) is 12.2. The average Bonchev–Trinajstić information content (AvgIpc) is 3.66. The lowest BCUT2D eigenvalue weighted by molar-refractivity contribution is -0.280. The van der Waals surface area contributed by atoms with Crippen LogP contribution in [0.3, 0.4) is 0 Å². The zero-order valence-corrected chi connectivity index (χ0v) is 21.4. The number of pyridine rings is 1. The summed E-state index contributed by atoms with van der Waals surface area (Å²) in [5, 5.41) is 0. The van der Waals surface area contributed by atoms with Gasteiger partial charge in [-0.25, -0.2) is 0 Å². The minimum absolute atomic E-state index is 0.00377. The van der Waals surface area contributed by atoms with Gasteiger partial charge in [-0.2, -0.15) is 0 Å². The molecule has 7 aliphatic rings. The van der Waals surface area contributed by atoms with Crippen LogP contribution in [0.15, 0.2) is 36.7 Å². The average molecular weight is 489 g/mol. The van der Waals surface area contributed by atoms with Gasteiger partial charge < -0.3 is 18.9 Å². The highest BCUT2D eigenvalue weighted by Crippen LogP contribution is 2.76. The number of benzene rings is 1. The van der Waals surface area contributed by atoms with Gasteiger partial charge in [0.2, 0.25) is 0 Å². The van der Waals surface area contributed by atoms with Crippen molar-refractivity contribution < 1.29 is 18.9 Å². The number of nitrogens with zero attached hydrogens (tertiary/aromatic N) is 2. The summed E-state index contributed by atoms with van der Waals surface area (Å²) in [6.45, 7) is 3.06. The Kier molecular flexibility index (Phi) is 4.46. The zero-order valence-electron chi connectivity index (χ0n) is 21.4. The number of likely N-dealkylation sites (tertiary alicyclic amines) is 1. The highest BCUT2D eigenvalue weighted by Gasteiger charge is 2.80. The van der Waals surface area contributed by atoms with Crippen LogP contribution < -0.4 is 14.2 Å². The van der Waals surface area contributed by atoms with Gasteiger partial charge in [-0.3, -0.25) is 9.88 Å². The van der Waals surface area contributed by atoms with Gasteiger partial charge in [0.15, 0.2) is 11.5 Å². The molecule has 190 valence electrons. The minimum atomic E-state index is -0.369. The summed E-state index contributed by atoms with van der Waals surface area (Å²) in [6, 6.07) is 8.95. The van der Waals surface area contributed by atoms with E-state index in [1.165, 1.54) is 36.9 Å². The van der Waals surface area contributed by atoms with Crippen LogP contribution in [0.25, 0.3) is 0 Å². The molecular weight excluding hydrogens is 452 g/mol. The molecule has 0 amide bonds. The van der Waals surface area contributed by atoms with E-state index < -0.39 is 0 Å². The molecule has 4 saturated carbocycles. The van der Waals surface area contributed by atoms with Gasteiger partial charge in [-0.1, -0.05) is 6.07 Å². The first-order chi connectivity index (χ1) is 17.6. The normalized spacial score (nSPS) is 39.4. The minimum Gasteiger partial charge on any atom is -0.493 e. The molecule has 9 rings (SSSR count). The van der Waals surface area contributed by atoms with E-state index in [1.54, 1.807) is 13.3 Å². The standard InChI is InChI=1S/C30H36N2O4/c1-33-23-8-7-20-14-24-28-9-10-30(34-2,21(15-28)18-35-22-4-3-12-31-16-22)27-29(28,25(20)26(23)36-27)11-13-32(24)17-19-5-6-19/h3-4,7-8,12,16,19,21,24,27H,5-6,9-11,13-15,17-18H2,1-2H3/t21-,24-,27-,28-,29+,30-/m1/s1. The van der Waals surface area contributed by atoms with Gasteiger partial charge in [0.05, 0.1) is 19.9 Å². The predicted octanol–water partition coefficient (Wildman–Crippen LogP) is 4.39. The van der Waals surface area contributed by atoms with E-state index in [1.807, 2.05) is 25.4 Å². The Hall–Kier alpha value is -2.31. The van der Waals surface area contributed by atoms with Gasteiger partial charge >= 0.3 is 0 Å². The SMILES string of the molecule is COc1ccc2c3c1O[C@H]1[C@@]4(OC)CC[C@@]5(C[C@@H]4COc4cccnc4)[C@@H](C2)N(CC2CC2)CC[C@]315. The van der Waals surface area contributed by atoms with Gasteiger partial charge in [0.1, 0.15) is 17.5 Å². The Balaban J connectivity index is 1.27. The van der Waals surface area contributed by atoms with E-state index in [0.29, 0.717) is 12.6 Å². The van der Waals surface area contributed by atoms with Crippen molar-refractivity contribution in [1.29, 1.82) is 0 Å². The topological polar surface area (TPSA) is 53.1 Å². The van der Waals surface area contributed by atoms with E-state index in [4.69, 9.17) is 18.9 Å². The van der Waals surface area contributed by atoms with Crippen LogP contribution >= 0.6 is 0 Å². The van der Waals surface area contributed by atoms with Crippen molar-refractivity contribution in [1.82, 2.24) is 9.88 Å². The molecule has 0 N–H and O–H groups in total. The van der Waals surface area contributed by atoms with Crippen LogP contribution in [0, 0.1) is 17.3 Å². The second-order valence-corrected chi connectivity index (χ2v) is 12.2. The van der Waals surface area contributed by atoms with Gasteiger partial charge in [0.25, 0.3) is 0 Å². The summed E-state index contributed by atoms with van der Waals surface area (Å²) in [7, 11) is 3.67. The summed E-state index contributed by atoms with van der Waals surface area (Å²) in [6.07, 6.45) is 12.0. The van der Waals surface area contributed by atoms with E-state index in [-0.39, 0.29) is 28.5 Å². The molecule has 2 spiro atoms. The van der Waals surface area contributed by atoms with E-state index in [2.05, 4.69) is 22.0 Å². The van der Waals surface area contributed by atoms with Gasteiger partial charge in [0, 0.05) is 48.2 Å². The molecule has 6 nitrogen and oxygen atoms in total. The van der Waals surface area contributed by atoms with Gasteiger partial charge in [-0.05, 0) is 81.2 Å². The number of rotatable bonds is 7. The smallest absolute Gasteiger partial charge is 0.165 e. The molecule has 1 aromatic carbocycles. The third-order valence-corrected chi connectivity index (χ3v) is 11.1. The van der Waals surface area contributed by atoms with E-state index in [9.17, 15) is 0 Å². The molecule has 6 heteroatoms. The number of fused-ring (bicyclic) bond motifs is 2. The summed E-state index contributed by atoms with van der Waals surface area (Å²) < 4.78 is 26.0. The second kappa shape index (κ2) is 7.38. The molecule has 0 radical (unpaired) electrons. The number of methoxy groups -OCH3 is 2. The highest BCUT2D eigenvalue weighted by atomic mass is 16.6. The number of ether oxygens (including phenoxy) is 4. The molecular formula is C30H36N2O4. The molecule has 5 aliphatic carbocycles. The molecule has 36 heavy (non-hydrogen) atoms. The Bertz CT molecular complexity index is 1200. The summed E-state index contributed by atoms with van der Waals surface area (Å²) >= 11 is 0. The van der Waals surface area contributed by atoms with Crippen LogP contribution in [-0.4, -0.2) is 61.5 Å². The summed E-state index contributed by atoms with van der Waals surface area (Å²) in [5.74, 6) is 3.86. The predicted molar refractivity (Wildman–Crippen MR) is 135 cm³/mol. The Labute approximate surface area is 213 Å². The number of aromatic nitrogens is 1. The van der Waals surface area contributed by atoms with Crippen molar-refractivity contribution in [3.8, 4) is 17.2 Å². The number of hydrogen-bond acceptors (Lipinski definition) is 6. The highest BCUT2D eigenvalue weighted by molar-refractivity contribution is 5.63. The third-order valence-electron chi connectivity index (χ3n) is 11.1. The Morgan fingerprint density at radius 3 is 2.83 bits per heavy atom. The van der Waals surface area contributed by atoms with Crippen LogP contribution in [-0.2, 0) is 16.6 Å². The lowest BCUT2D eigenvalue weighted by Crippen LogP contribution is -2.81. The monoisotopic (exact) mass is 488 g/mol. The van der Waals surface area contributed by atoms with Crippen molar-refractivity contribution in [2.75, 3.05) is 33.9 Å². The summed E-state index contributed by atoms with van der Waals surface area (Å²) in [5.41, 5.74) is 2.74. The van der Waals surface area contributed by atoms with E-state index >= 15 is 0 Å². The molecule has 2 aromatic rings. The fourth-order valence-electron chi connectivity index (χ4n) is 9.52. The van der Waals surface area contributed by atoms with Crippen LogP contribution in [0.1, 0.15) is 49.7 Å². The fraction of sp³-hybridized carbons (Fsp3) is 0.633. The Morgan fingerprint density at radius 1 is 1.14 bits per heavy atom. The molecule has 1 aromatic heterocycles.